The van der Waals surface area contributed by atoms with Crippen LogP contribution in [0.25, 0.3) is 11.1 Å². The number of nitrogens with one attached hydrogen (secondary N) is 3. The van der Waals surface area contributed by atoms with Crippen LogP contribution in [0.1, 0.15) is 85.6 Å². The minimum Gasteiger partial charge on any atom is -0.354 e. The molecule has 2 fully saturated rings. The molecule has 2 aromatic heterocycles. The van der Waals surface area contributed by atoms with E-state index in [1.807, 2.05) is 50.1 Å². The monoisotopic (exact) mass is 596 g/mol. The molecule has 0 radical (unpaired) electrons. The molecule has 1 spiro atoms. The van der Waals surface area contributed by atoms with Gasteiger partial charge in [0.1, 0.15) is 5.82 Å². The summed E-state index contributed by atoms with van der Waals surface area (Å²) in [5.41, 5.74) is 5.41. The minimum atomic E-state index is -0.691. The molecule has 2 amide bonds. The Morgan fingerprint density at radius 3 is 2.48 bits per heavy atom. The van der Waals surface area contributed by atoms with Crippen LogP contribution >= 0.6 is 0 Å². The highest BCUT2D eigenvalue weighted by molar-refractivity contribution is 6.13. The van der Waals surface area contributed by atoms with Crippen LogP contribution in [-0.2, 0) is 23.2 Å². The number of carbonyl (C=O) groups excluding carboxylic acids is 2. The van der Waals surface area contributed by atoms with Crippen LogP contribution in [0.15, 0.2) is 41.3 Å². The molecule has 1 saturated heterocycles. The molecule has 9 heteroatoms. The lowest BCUT2D eigenvalue weighted by molar-refractivity contribution is -0.123. The van der Waals surface area contributed by atoms with Gasteiger partial charge in [0, 0.05) is 78.6 Å². The van der Waals surface area contributed by atoms with Crippen molar-refractivity contribution in [1.29, 1.82) is 0 Å². The molecule has 2 aliphatic heterocycles. The van der Waals surface area contributed by atoms with E-state index in [1.54, 1.807) is 0 Å². The second-order valence-corrected chi connectivity index (χ2v) is 12.8. The number of nitrogens with zero attached hydrogens (tertiary/aromatic N) is 3. The van der Waals surface area contributed by atoms with E-state index >= 15 is 0 Å². The number of benzene rings is 1. The number of hydrogen-bond donors (Lipinski definition) is 3. The van der Waals surface area contributed by atoms with E-state index < -0.39 is 5.41 Å². The summed E-state index contributed by atoms with van der Waals surface area (Å²) in [5.74, 6) is 0.767. The molecule has 3 aromatic rings. The van der Waals surface area contributed by atoms with Crippen molar-refractivity contribution >= 4 is 23.3 Å². The van der Waals surface area contributed by atoms with Crippen molar-refractivity contribution in [2.45, 2.75) is 84.2 Å². The van der Waals surface area contributed by atoms with Crippen molar-refractivity contribution in [3.8, 4) is 11.1 Å². The van der Waals surface area contributed by atoms with E-state index in [1.165, 1.54) is 0 Å². The third kappa shape index (κ3) is 5.31. The first kappa shape index (κ1) is 30.1. The molecule has 0 atom stereocenters. The Bertz CT molecular complexity index is 1610. The normalized spacial score (nSPS) is 17.5. The first-order valence-electron chi connectivity index (χ1n) is 16.2. The molecule has 3 N–H and O–H groups in total. The molecule has 0 unspecified atom stereocenters. The fourth-order valence-electron chi connectivity index (χ4n) is 7.44. The maximum absolute atomic E-state index is 14.2. The zero-order valence-corrected chi connectivity index (χ0v) is 26.4. The first-order chi connectivity index (χ1) is 21.2. The number of aromatic nitrogens is 2. The highest BCUT2D eigenvalue weighted by Crippen LogP contribution is 2.54. The Kier molecular flexibility index (Phi) is 8.33. The number of fused-ring (bicyclic) bond motifs is 2. The molecule has 9 nitrogen and oxygen atoms in total. The topological polar surface area (TPSA) is 110 Å². The van der Waals surface area contributed by atoms with Gasteiger partial charge in [-0.15, -0.1) is 0 Å². The van der Waals surface area contributed by atoms with Crippen molar-refractivity contribution in [1.82, 2.24) is 20.6 Å². The van der Waals surface area contributed by atoms with E-state index in [0.29, 0.717) is 11.1 Å². The van der Waals surface area contributed by atoms with Gasteiger partial charge in [-0.1, -0.05) is 26.2 Å². The third-order valence-corrected chi connectivity index (χ3v) is 9.53. The summed E-state index contributed by atoms with van der Waals surface area (Å²) in [6.45, 7) is 11.8. The highest BCUT2D eigenvalue weighted by atomic mass is 16.2. The van der Waals surface area contributed by atoms with Crippen molar-refractivity contribution in [2.24, 2.45) is 0 Å². The number of hydrogen-bond acceptors (Lipinski definition) is 6. The standard InChI is InChI=1S/C35H44N6O3/c1-5-8-24-17-23(4)39-33(43)28(24)21-38-32(42)27-18-26(25-9-10-30(37-20-25)40-15-13-36-14-16-40)19-29-31(27)35(11-6-7-12-35)34(44)41(29)22(2)3/h9-10,17-20,22,36H,5-8,11-16,21H2,1-4H3,(H,38,42)(H,39,43). The van der Waals surface area contributed by atoms with Crippen LogP contribution in [0.3, 0.4) is 0 Å². The Morgan fingerprint density at radius 2 is 1.82 bits per heavy atom. The summed E-state index contributed by atoms with van der Waals surface area (Å²) in [4.78, 5) is 53.2. The van der Waals surface area contributed by atoms with Crippen molar-refractivity contribution in [3.63, 3.8) is 0 Å². The number of anilines is 2. The maximum Gasteiger partial charge on any atom is 0.253 e. The number of piperazine rings is 1. The first-order valence-corrected chi connectivity index (χ1v) is 16.2. The molecule has 1 aliphatic carbocycles. The van der Waals surface area contributed by atoms with Crippen molar-refractivity contribution in [3.05, 3.63) is 74.8 Å². The van der Waals surface area contributed by atoms with Crippen LogP contribution in [0.5, 0.6) is 0 Å². The molecule has 3 aliphatic rings. The maximum atomic E-state index is 14.2. The number of amides is 2. The number of aromatic amines is 1. The molecule has 1 saturated carbocycles. The van der Waals surface area contributed by atoms with Gasteiger partial charge in [0.05, 0.1) is 5.41 Å². The summed E-state index contributed by atoms with van der Waals surface area (Å²) in [5, 5.41) is 6.46. The fraction of sp³-hybridized carbons (Fsp3) is 0.486. The zero-order chi connectivity index (χ0) is 31.0. The van der Waals surface area contributed by atoms with E-state index in [9.17, 15) is 14.4 Å². The fourth-order valence-corrected chi connectivity index (χ4v) is 7.44. The van der Waals surface area contributed by atoms with Gasteiger partial charge in [0.2, 0.25) is 5.91 Å². The quantitative estimate of drug-likeness (QED) is 0.351. The Labute approximate surface area is 259 Å². The second kappa shape index (κ2) is 12.2. The number of H-pyrrole nitrogens is 1. The Morgan fingerprint density at radius 1 is 1.07 bits per heavy atom. The molecule has 4 heterocycles. The largest absolute Gasteiger partial charge is 0.354 e. The Balaban J connectivity index is 1.42. The van der Waals surface area contributed by atoms with Crippen LogP contribution in [-0.4, -0.2) is 54.0 Å². The van der Waals surface area contributed by atoms with Crippen molar-refractivity contribution in [2.75, 3.05) is 36.0 Å². The number of carbonyl (C=O) groups is 2. The van der Waals surface area contributed by atoms with Gasteiger partial charge in [-0.05, 0) is 81.5 Å². The van der Waals surface area contributed by atoms with Gasteiger partial charge in [-0.2, -0.15) is 0 Å². The van der Waals surface area contributed by atoms with Crippen LogP contribution in [0.2, 0.25) is 0 Å². The summed E-state index contributed by atoms with van der Waals surface area (Å²) >= 11 is 0. The predicted molar refractivity (Wildman–Crippen MR) is 174 cm³/mol. The molecule has 6 rings (SSSR count). The summed E-state index contributed by atoms with van der Waals surface area (Å²) in [6, 6.07) is 10.0. The molecular weight excluding hydrogens is 552 g/mol. The summed E-state index contributed by atoms with van der Waals surface area (Å²) in [7, 11) is 0. The van der Waals surface area contributed by atoms with Gasteiger partial charge < -0.3 is 25.4 Å². The lowest BCUT2D eigenvalue weighted by Crippen LogP contribution is -2.43. The average molecular weight is 597 g/mol. The smallest absolute Gasteiger partial charge is 0.253 e. The van der Waals surface area contributed by atoms with Gasteiger partial charge >= 0.3 is 0 Å². The lowest BCUT2D eigenvalue weighted by Gasteiger charge is -2.28. The molecule has 44 heavy (non-hydrogen) atoms. The average Bonchev–Trinajstić information content (AvgIpc) is 3.60. The molecule has 232 valence electrons. The summed E-state index contributed by atoms with van der Waals surface area (Å²) in [6.07, 6.45) is 6.91. The van der Waals surface area contributed by atoms with E-state index in [0.717, 1.165) is 104 Å². The SMILES string of the molecule is CCCc1cc(C)[nH]c(=O)c1CNC(=O)c1cc(-c2ccc(N3CCNCC3)nc2)cc2c1C1(CCCC1)C(=O)N2C(C)C. The second-order valence-electron chi connectivity index (χ2n) is 12.8. The molecule has 0 bridgehead atoms. The van der Waals surface area contributed by atoms with Crippen LogP contribution in [0, 0.1) is 6.92 Å². The van der Waals surface area contributed by atoms with E-state index in [-0.39, 0.29) is 30.0 Å². The van der Waals surface area contributed by atoms with Crippen LogP contribution < -0.4 is 26.0 Å². The zero-order valence-electron chi connectivity index (χ0n) is 26.4. The predicted octanol–water partition coefficient (Wildman–Crippen LogP) is 4.60. The van der Waals surface area contributed by atoms with Crippen LogP contribution in [0.4, 0.5) is 11.5 Å². The number of pyridine rings is 2. The number of rotatable bonds is 8. The van der Waals surface area contributed by atoms with Crippen molar-refractivity contribution < 1.29 is 9.59 Å². The lowest BCUT2D eigenvalue weighted by atomic mass is 9.77. The van der Waals surface area contributed by atoms with Gasteiger partial charge in [0.15, 0.2) is 0 Å². The highest BCUT2D eigenvalue weighted by Gasteiger charge is 2.54. The van der Waals surface area contributed by atoms with Gasteiger partial charge in [-0.25, -0.2) is 4.98 Å². The Hall–Kier alpha value is -3.98. The van der Waals surface area contributed by atoms with E-state index in [4.69, 9.17) is 4.98 Å². The number of aryl methyl sites for hydroxylation is 2. The molecular formula is C35H44N6O3. The summed E-state index contributed by atoms with van der Waals surface area (Å²) < 4.78 is 0. The van der Waals surface area contributed by atoms with Gasteiger partial charge in [0.25, 0.3) is 11.5 Å². The minimum absolute atomic E-state index is 0.0525. The molecule has 1 aromatic carbocycles. The van der Waals surface area contributed by atoms with Gasteiger partial charge in [-0.3, -0.25) is 14.4 Å². The van der Waals surface area contributed by atoms with E-state index in [2.05, 4.69) is 39.6 Å². The third-order valence-electron chi connectivity index (χ3n) is 9.53.